The fourth-order valence-electron chi connectivity index (χ4n) is 1.67. The smallest absolute Gasteiger partial charge is 0.237 e. The van der Waals surface area contributed by atoms with Gasteiger partial charge >= 0.3 is 0 Å². The van der Waals surface area contributed by atoms with Crippen molar-refractivity contribution in [1.82, 2.24) is 4.90 Å². The minimum Gasteiger partial charge on any atom is -0.348 e. The Balaban J connectivity index is 2.62. The van der Waals surface area contributed by atoms with Gasteiger partial charge in [-0.25, -0.2) is 8.42 Å². The molecule has 1 fully saturated rings. The van der Waals surface area contributed by atoms with E-state index in [9.17, 15) is 13.2 Å². The third-order valence-corrected chi connectivity index (χ3v) is 4.77. The number of rotatable bonds is 3. The molecule has 1 aliphatic carbocycles. The van der Waals surface area contributed by atoms with Crippen LogP contribution < -0.4 is 0 Å². The molecule has 1 amide bonds. The molecule has 5 heteroatoms. The van der Waals surface area contributed by atoms with Gasteiger partial charge in [0.15, 0.2) is 9.84 Å². The third kappa shape index (κ3) is 2.70. The van der Waals surface area contributed by atoms with Gasteiger partial charge in [-0.15, -0.1) is 0 Å². The summed E-state index contributed by atoms with van der Waals surface area (Å²) >= 11 is 0. The van der Waals surface area contributed by atoms with Crippen molar-refractivity contribution in [3.63, 3.8) is 0 Å². The van der Waals surface area contributed by atoms with Crippen molar-refractivity contribution in [2.75, 3.05) is 19.8 Å². The van der Waals surface area contributed by atoms with E-state index in [4.69, 9.17) is 0 Å². The van der Waals surface area contributed by atoms with E-state index in [1.807, 2.05) is 0 Å². The van der Waals surface area contributed by atoms with E-state index >= 15 is 0 Å². The second-order valence-electron chi connectivity index (χ2n) is 4.00. The van der Waals surface area contributed by atoms with Crippen LogP contribution in [0.2, 0.25) is 0 Å². The Kier molecular flexibility index (Phi) is 3.53. The number of hydrogen-bond acceptors (Lipinski definition) is 3. The summed E-state index contributed by atoms with van der Waals surface area (Å²) in [6, 6.07) is 0. The Morgan fingerprint density at radius 3 is 2.21 bits per heavy atom. The molecule has 1 rings (SSSR count). The lowest BCUT2D eigenvalue weighted by atomic mass is 10.4. The van der Waals surface area contributed by atoms with Crippen molar-refractivity contribution < 1.29 is 13.2 Å². The molecule has 0 N–H and O–H groups in total. The standard InChI is InChI=1S/C9H17NO3S/c1-10(2)9(11)7-14(12,13)8-5-3-4-6-8/h8H,3-7H2,1-2H3. The first-order valence-electron chi connectivity index (χ1n) is 4.85. The molecule has 0 aromatic heterocycles. The predicted molar refractivity (Wildman–Crippen MR) is 54.7 cm³/mol. The molecule has 1 saturated carbocycles. The fraction of sp³-hybridized carbons (Fsp3) is 0.889. The first-order valence-corrected chi connectivity index (χ1v) is 6.57. The van der Waals surface area contributed by atoms with E-state index in [1.165, 1.54) is 4.90 Å². The molecule has 0 aromatic carbocycles. The summed E-state index contributed by atoms with van der Waals surface area (Å²) in [5.74, 6) is -0.651. The maximum atomic E-state index is 11.7. The fourth-order valence-corrected chi connectivity index (χ4v) is 3.56. The van der Waals surface area contributed by atoms with Gasteiger partial charge in [0.05, 0.1) is 5.25 Å². The molecule has 1 aliphatic rings. The normalized spacial score (nSPS) is 18.4. The van der Waals surface area contributed by atoms with Crippen LogP contribution in [0.1, 0.15) is 25.7 Å². The minimum absolute atomic E-state index is 0.272. The molecule has 82 valence electrons. The molecule has 0 aromatic rings. The van der Waals surface area contributed by atoms with Crippen molar-refractivity contribution in [1.29, 1.82) is 0 Å². The molecular weight excluding hydrogens is 202 g/mol. The second-order valence-corrected chi connectivity index (χ2v) is 6.28. The van der Waals surface area contributed by atoms with E-state index in [0.29, 0.717) is 0 Å². The van der Waals surface area contributed by atoms with Crippen molar-refractivity contribution in [3.8, 4) is 0 Å². The summed E-state index contributed by atoms with van der Waals surface area (Å²) < 4.78 is 23.4. The zero-order chi connectivity index (χ0) is 10.8. The van der Waals surface area contributed by atoms with Gasteiger partial charge in [-0.2, -0.15) is 0 Å². The van der Waals surface area contributed by atoms with Gasteiger partial charge in [-0.3, -0.25) is 4.79 Å². The molecule has 0 unspecified atom stereocenters. The summed E-state index contributed by atoms with van der Waals surface area (Å²) in [4.78, 5) is 12.6. The average Bonchev–Trinajstić information content (AvgIpc) is 2.54. The zero-order valence-corrected chi connectivity index (χ0v) is 9.51. The quantitative estimate of drug-likeness (QED) is 0.691. The predicted octanol–water partition coefficient (Wildman–Crippen LogP) is 0.432. The van der Waals surface area contributed by atoms with Crippen LogP contribution >= 0.6 is 0 Å². The molecule has 0 spiro atoms. The first-order chi connectivity index (χ1) is 6.43. The zero-order valence-electron chi connectivity index (χ0n) is 8.69. The Morgan fingerprint density at radius 2 is 1.79 bits per heavy atom. The van der Waals surface area contributed by atoms with E-state index in [1.54, 1.807) is 14.1 Å². The highest BCUT2D eigenvalue weighted by Crippen LogP contribution is 2.25. The SMILES string of the molecule is CN(C)C(=O)CS(=O)(=O)C1CCCC1. The number of nitrogens with zero attached hydrogens (tertiary/aromatic N) is 1. The molecule has 0 aliphatic heterocycles. The van der Waals surface area contributed by atoms with Crippen LogP contribution in [0, 0.1) is 0 Å². The minimum atomic E-state index is -3.20. The van der Waals surface area contributed by atoms with E-state index in [0.717, 1.165) is 25.7 Å². The van der Waals surface area contributed by atoms with Crippen LogP contribution in [-0.2, 0) is 14.6 Å². The molecule has 4 nitrogen and oxygen atoms in total. The van der Waals surface area contributed by atoms with Gasteiger partial charge in [0.1, 0.15) is 5.75 Å². The van der Waals surface area contributed by atoms with Crippen molar-refractivity contribution in [2.24, 2.45) is 0 Å². The van der Waals surface area contributed by atoms with Crippen molar-refractivity contribution >= 4 is 15.7 Å². The van der Waals surface area contributed by atoms with Gasteiger partial charge in [-0.1, -0.05) is 12.8 Å². The maximum absolute atomic E-state index is 11.7. The Labute approximate surface area is 85.2 Å². The number of hydrogen-bond donors (Lipinski definition) is 0. The first kappa shape index (κ1) is 11.5. The van der Waals surface area contributed by atoms with Crippen LogP contribution in [0.4, 0.5) is 0 Å². The number of amides is 1. The van der Waals surface area contributed by atoms with Gasteiger partial charge in [-0.05, 0) is 12.8 Å². The molecule has 0 atom stereocenters. The molecular formula is C9H17NO3S. The summed E-state index contributed by atoms with van der Waals surface area (Å²) in [6.07, 6.45) is 3.40. The molecule has 0 bridgehead atoms. The Bertz CT molecular complexity index is 302. The van der Waals surface area contributed by atoms with E-state index in [2.05, 4.69) is 0 Å². The van der Waals surface area contributed by atoms with Crippen LogP contribution in [0.25, 0.3) is 0 Å². The summed E-state index contributed by atoms with van der Waals surface area (Å²) in [5.41, 5.74) is 0. The van der Waals surface area contributed by atoms with Crippen LogP contribution in [-0.4, -0.2) is 44.3 Å². The summed E-state index contributed by atoms with van der Waals surface area (Å²) in [6.45, 7) is 0. The van der Waals surface area contributed by atoms with Crippen LogP contribution in [0.15, 0.2) is 0 Å². The number of carbonyl (C=O) groups is 1. The highest BCUT2D eigenvalue weighted by molar-refractivity contribution is 7.92. The van der Waals surface area contributed by atoms with Gasteiger partial charge in [0, 0.05) is 14.1 Å². The molecule has 0 heterocycles. The number of carbonyl (C=O) groups excluding carboxylic acids is 1. The monoisotopic (exact) mass is 219 g/mol. The van der Waals surface area contributed by atoms with E-state index in [-0.39, 0.29) is 16.9 Å². The lowest BCUT2D eigenvalue weighted by molar-refractivity contribution is -0.125. The Hall–Kier alpha value is -0.580. The van der Waals surface area contributed by atoms with Crippen molar-refractivity contribution in [3.05, 3.63) is 0 Å². The van der Waals surface area contributed by atoms with Crippen LogP contribution in [0.5, 0.6) is 0 Å². The summed E-state index contributed by atoms with van der Waals surface area (Å²) in [5, 5.41) is -0.272. The van der Waals surface area contributed by atoms with Crippen LogP contribution in [0.3, 0.4) is 0 Å². The second kappa shape index (κ2) is 4.29. The topological polar surface area (TPSA) is 54.5 Å². The maximum Gasteiger partial charge on any atom is 0.237 e. The average molecular weight is 219 g/mol. The van der Waals surface area contributed by atoms with Gasteiger partial charge < -0.3 is 4.90 Å². The number of sulfone groups is 1. The van der Waals surface area contributed by atoms with Gasteiger partial charge in [0.2, 0.25) is 5.91 Å². The highest BCUT2D eigenvalue weighted by Gasteiger charge is 2.30. The largest absolute Gasteiger partial charge is 0.348 e. The third-order valence-electron chi connectivity index (χ3n) is 2.63. The van der Waals surface area contributed by atoms with E-state index < -0.39 is 9.84 Å². The lowest BCUT2D eigenvalue weighted by Crippen LogP contribution is -2.33. The van der Waals surface area contributed by atoms with Crippen molar-refractivity contribution in [2.45, 2.75) is 30.9 Å². The van der Waals surface area contributed by atoms with Gasteiger partial charge in [0.25, 0.3) is 0 Å². The molecule has 0 radical (unpaired) electrons. The highest BCUT2D eigenvalue weighted by atomic mass is 32.2. The molecule has 0 saturated heterocycles. The summed E-state index contributed by atoms with van der Waals surface area (Å²) in [7, 11) is -0.0437. The lowest BCUT2D eigenvalue weighted by Gasteiger charge is -2.13. The molecule has 14 heavy (non-hydrogen) atoms. The Morgan fingerprint density at radius 1 is 1.29 bits per heavy atom.